The van der Waals surface area contributed by atoms with E-state index in [9.17, 15) is 0 Å². The monoisotopic (exact) mass is 288 g/mol. The second-order valence-corrected chi connectivity index (χ2v) is 5.75. The van der Waals surface area contributed by atoms with Crippen molar-refractivity contribution in [3.05, 3.63) is 82.0 Å². The fourth-order valence-corrected chi connectivity index (χ4v) is 2.97. The maximum absolute atomic E-state index is 3.31. The Hall–Kier alpha value is -2.30. The fraction of sp³-hybridized carbons (Fsp3) is 0.100. The Bertz CT molecular complexity index is 768. The number of rotatable bonds is 2. The van der Waals surface area contributed by atoms with Crippen molar-refractivity contribution < 1.29 is 0 Å². The standard InChI is InChI=1S/C20H16S/c1-2-16-8-11-18(12-9-16)19-14-15-21-20(19)13-10-17-6-4-3-5-7-17/h3-9,11-12,14-15H,2H2,1H3. The Balaban J connectivity index is 1.92. The van der Waals surface area contributed by atoms with Crippen LogP contribution in [0, 0.1) is 11.8 Å². The summed E-state index contributed by atoms with van der Waals surface area (Å²) < 4.78 is 0. The number of aryl methyl sites for hydroxylation is 1. The zero-order chi connectivity index (χ0) is 14.5. The minimum atomic E-state index is 1.05. The lowest BCUT2D eigenvalue weighted by Crippen LogP contribution is -1.82. The molecule has 3 aromatic rings. The molecule has 3 rings (SSSR count). The minimum absolute atomic E-state index is 1.05. The first-order valence-electron chi connectivity index (χ1n) is 7.10. The molecular weight excluding hydrogens is 272 g/mol. The van der Waals surface area contributed by atoms with Crippen LogP contribution in [0.1, 0.15) is 22.9 Å². The van der Waals surface area contributed by atoms with E-state index in [-0.39, 0.29) is 0 Å². The molecule has 102 valence electrons. The van der Waals surface area contributed by atoms with E-state index in [1.165, 1.54) is 16.7 Å². The van der Waals surface area contributed by atoms with E-state index in [2.05, 4.69) is 54.5 Å². The molecule has 0 aliphatic rings. The van der Waals surface area contributed by atoms with Gasteiger partial charge in [0.05, 0.1) is 4.88 Å². The molecule has 2 aromatic carbocycles. The summed E-state index contributed by atoms with van der Waals surface area (Å²) in [6.07, 6.45) is 1.07. The van der Waals surface area contributed by atoms with Crippen LogP contribution < -0.4 is 0 Å². The van der Waals surface area contributed by atoms with Gasteiger partial charge in [-0.3, -0.25) is 0 Å². The van der Waals surface area contributed by atoms with Crippen molar-refractivity contribution in [1.29, 1.82) is 0 Å². The van der Waals surface area contributed by atoms with Crippen molar-refractivity contribution in [2.45, 2.75) is 13.3 Å². The first-order chi connectivity index (χ1) is 10.4. The topological polar surface area (TPSA) is 0 Å². The van der Waals surface area contributed by atoms with Gasteiger partial charge in [0.15, 0.2) is 0 Å². The van der Waals surface area contributed by atoms with Gasteiger partial charge in [0.1, 0.15) is 0 Å². The van der Waals surface area contributed by atoms with E-state index in [4.69, 9.17) is 0 Å². The molecule has 21 heavy (non-hydrogen) atoms. The van der Waals surface area contributed by atoms with Crippen LogP contribution in [0.15, 0.2) is 66.0 Å². The molecule has 0 bridgehead atoms. The van der Waals surface area contributed by atoms with Gasteiger partial charge < -0.3 is 0 Å². The Kier molecular flexibility index (Phi) is 4.19. The van der Waals surface area contributed by atoms with E-state index in [1.54, 1.807) is 11.3 Å². The Morgan fingerprint density at radius 2 is 1.62 bits per heavy atom. The van der Waals surface area contributed by atoms with Crippen LogP contribution >= 0.6 is 11.3 Å². The molecule has 0 aliphatic carbocycles. The van der Waals surface area contributed by atoms with E-state index >= 15 is 0 Å². The Labute approximate surface area is 130 Å². The van der Waals surface area contributed by atoms with E-state index < -0.39 is 0 Å². The lowest BCUT2D eigenvalue weighted by atomic mass is 10.0. The zero-order valence-electron chi connectivity index (χ0n) is 12.0. The second kappa shape index (κ2) is 6.43. The molecule has 1 heteroatoms. The van der Waals surface area contributed by atoms with Gasteiger partial charge in [-0.05, 0) is 41.1 Å². The normalized spacial score (nSPS) is 9.95. The van der Waals surface area contributed by atoms with Gasteiger partial charge in [0.25, 0.3) is 0 Å². The molecule has 0 nitrogen and oxygen atoms in total. The summed E-state index contributed by atoms with van der Waals surface area (Å²) in [7, 11) is 0. The minimum Gasteiger partial charge on any atom is -0.135 e. The maximum Gasteiger partial charge on any atom is 0.0850 e. The highest BCUT2D eigenvalue weighted by atomic mass is 32.1. The predicted molar refractivity (Wildman–Crippen MR) is 91.6 cm³/mol. The van der Waals surface area contributed by atoms with Crippen molar-refractivity contribution in [2.75, 3.05) is 0 Å². The average molecular weight is 288 g/mol. The summed E-state index contributed by atoms with van der Waals surface area (Å²) in [4.78, 5) is 1.13. The molecule has 0 fully saturated rings. The van der Waals surface area contributed by atoms with E-state index in [0.717, 1.165) is 16.9 Å². The third kappa shape index (κ3) is 3.24. The lowest BCUT2D eigenvalue weighted by molar-refractivity contribution is 1.14. The summed E-state index contributed by atoms with van der Waals surface area (Å²) in [5, 5.41) is 2.11. The zero-order valence-corrected chi connectivity index (χ0v) is 12.8. The van der Waals surface area contributed by atoms with E-state index in [1.807, 2.05) is 30.3 Å². The average Bonchev–Trinajstić information content (AvgIpc) is 3.02. The van der Waals surface area contributed by atoms with Crippen molar-refractivity contribution in [2.24, 2.45) is 0 Å². The molecule has 0 spiro atoms. The van der Waals surface area contributed by atoms with Gasteiger partial charge in [0.2, 0.25) is 0 Å². The van der Waals surface area contributed by atoms with Crippen LogP contribution in [0.5, 0.6) is 0 Å². The van der Waals surface area contributed by atoms with Crippen LogP contribution in [-0.4, -0.2) is 0 Å². The highest BCUT2D eigenvalue weighted by Crippen LogP contribution is 2.28. The van der Waals surface area contributed by atoms with Crippen molar-refractivity contribution >= 4 is 11.3 Å². The van der Waals surface area contributed by atoms with Crippen LogP contribution in [0.3, 0.4) is 0 Å². The van der Waals surface area contributed by atoms with Gasteiger partial charge >= 0.3 is 0 Å². The molecule has 0 amide bonds. The highest BCUT2D eigenvalue weighted by molar-refractivity contribution is 7.11. The molecule has 0 aliphatic heterocycles. The summed E-state index contributed by atoms with van der Waals surface area (Å²) in [5.41, 5.74) is 4.89. The number of hydrogen-bond acceptors (Lipinski definition) is 1. The summed E-state index contributed by atoms with van der Waals surface area (Å²) in [6.45, 7) is 2.18. The molecule has 0 atom stereocenters. The first-order valence-corrected chi connectivity index (χ1v) is 7.98. The molecule has 1 aromatic heterocycles. The van der Waals surface area contributed by atoms with Crippen molar-refractivity contribution in [1.82, 2.24) is 0 Å². The number of benzene rings is 2. The summed E-state index contributed by atoms with van der Waals surface area (Å²) in [5.74, 6) is 6.55. The predicted octanol–water partition coefficient (Wildman–Crippen LogP) is 5.38. The van der Waals surface area contributed by atoms with E-state index in [0.29, 0.717) is 0 Å². The molecule has 0 saturated carbocycles. The van der Waals surface area contributed by atoms with Gasteiger partial charge in [-0.15, -0.1) is 11.3 Å². The molecule has 0 saturated heterocycles. The SMILES string of the molecule is CCc1ccc(-c2ccsc2C#Cc2ccccc2)cc1. The Morgan fingerprint density at radius 3 is 2.33 bits per heavy atom. The molecule has 0 N–H and O–H groups in total. The Morgan fingerprint density at radius 1 is 0.857 bits per heavy atom. The lowest BCUT2D eigenvalue weighted by Gasteiger charge is -2.01. The van der Waals surface area contributed by atoms with Gasteiger partial charge in [-0.2, -0.15) is 0 Å². The van der Waals surface area contributed by atoms with Crippen LogP contribution in [-0.2, 0) is 6.42 Å². The fourth-order valence-electron chi connectivity index (χ4n) is 2.20. The van der Waals surface area contributed by atoms with Crippen molar-refractivity contribution in [3.63, 3.8) is 0 Å². The summed E-state index contributed by atoms with van der Waals surface area (Å²) in [6, 6.07) is 21.0. The van der Waals surface area contributed by atoms with Crippen LogP contribution in [0.25, 0.3) is 11.1 Å². The molecule has 0 unspecified atom stereocenters. The largest absolute Gasteiger partial charge is 0.135 e. The molecule has 1 heterocycles. The van der Waals surface area contributed by atoms with Crippen LogP contribution in [0.4, 0.5) is 0 Å². The van der Waals surface area contributed by atoms with Crippen LogP contribution in [0.2, 0.25) is 0 Å². The molecular formula is C20H16S. The third-order valence-corrected chi connectivity index (χ3v) is 4.26. The second-order valence-electron chi connectivity index (χ2n) is 4.83. The van der Waals surface area contributed by atoms with Gasteiger partial charge in [0, 0.05) is 11.1 Å². The van der Waals surface area contributed by atoms with Crippen molar-refractivity contribution in [3.8, 4) is 23.0 Å². The summed E-state index contributed by atoms with van der Waals surface area (Å²) >= 11 is 1.70. The quantitative estimate of drug-likeness (QED) is 0.556. The first kappa shape index (κ1) is 13.7. The smallest absolute Gasteiger partial charge is 0.0850 e. The maximum atomic E-state index is 3.31. The van der Waals surface area contributed by atoms with Gasteiger partial charge in [-0.1, -0.05) is 61.2 Å². The van der Waals surface area contributed by atoms with Gasteiger partial charge in [-0.25, -0.2) is 0 Å². The number of thiophene rings is 1. The highest BCUT2D eigenvalue weighted by Gasteiger charge is 2.04. The molecule has 0 radical (unpaired) electrons. The number of hydrogen-bond donors (Lipinski definition) is 0. The third-order valence-electron chi connectivity index (χ3n) is 3.43.